The van der Waals surface area contributed by atoms with E-state index in [-0.39, 0.29) is 18.2 Å². The third-order valence-corrected chi connectivity index (χ3v) is 9.88. The van der Waals surface area contributed by atoms with E-state index in [1.54, 1.807) is 34.1 Å². The van der Waals surface area contributed by atoms with Gasteiger partial charge in [0.2, 0.25) is 0 Å². The summed E-state index contributed by atoms with van der Waals surface area (Å²) < 4.78 is 44.5. The second-order valence-electron chi connectivity index (χ2n) is 10.2. The van der Waals surface area contributed by atoms with Gasteiger partial charge in [-0.2, -0.15) is 0 Å². The number of carbonyl (C=O) groups excluding carboxylic acids is 1. The van der Waals surface area contributed by atoms with Gasteiger partial charge in [0.05, 0.1) is 5.69 Å². The molecular formula is C30H38F2N4O3S2. The van der Waals surface area contributed by atoms with Crippen LogP contribution in [0.1, 0.15) is 63.5 Å². The van der Waals surface area contributed by atoms with Crippen LogP contribution >= 0.6 is 11.3 Å². The molecule has 1 aromatic heterocycles. The number of aromatic nitrogens is 1. The van der Waals surface area contributed by atoms with Gasteiger partial charge in [-0.15, -0.1) is 0 Å². The summed E-state index contributed by atoms with van der Waals surface area (Å²) in [5, 5.41) is 9.34. The lowest BCUT2D eigenvalue weighted by atomic mass is 10.0. The van der Waals surface area contributed by atoms with Crippen LogP contribution in [0.2, 0.25) is 0 Å². The number of nitrogens with zero attached hydrogens (tertiary/aromatic N) is 3. The maximum Gasteiger partial charge on any atom is 0.330 e. The maximum absolute atomic E-state index is 14.2. The zero-order valence-corrected chi connectivity index (χ0v) is 25.0. The Labute approximate surface area is 247 Å². The van der Waals surface area contributed by atoms with Gasteiger partial charge in [0.1, 0.15) is 26.8 Å². The molecule has 0 saturated carbocycles. The van der Waals surface area contributed by atoms with Gasteiger partial charge in [-0.1, -0.05) is 62.0 Å². The molecule has 2 aromatic carbocycles. The first-order valence-corrected chi connectivity index (χ1v) is 16.2. The first kappa shape index (κ1) is 31.2. The van der Waals surface area contributed by atoms with E-state index in [0.29, 0.717) is 45.9 Å². The van der Waals surface area contributed by atoms with Crippen LogP contribution < -0.4 is 14.5 Å². The number of carbonyl (C=O) groups is 1. The molecule has 0 bridgehead atoms. The summed E-state index contributed by atoms with van der Waals surface area (Å²) in [5.74, 6) is -1.03. The van der Waals surface area contributed by atoms with Crippen LogP contribution in [0.15, 0.2) is 46.7 Å². The van der Waals surface area contributed by atoms with Gasteiger partial charge in [0.25, 0.3) is 0 Å². The Kier molecular flexibility index (Phi) is 11.8. The van der Waals surface area contributed by atoms with Crippen LogP contribution in [-0.2, 0) is 11.0 Å². The molecule has 2 amide bonds. The van der Waals surface area contributed by atoms with E-state index in [2.05, 4.69) is 9.71 Å². The molecule has 1 aliphatic rings. The zero-order valence-electron chi connectivity index (χ0n) is 23.4. The van der Waals surface area contributed by atoms with Crippen molar-refractivity contribution in [3.8, 4) is 11.1 Å². The molecule has 7 nitrogen and oxygen atoms in total. The third kappa shape index (κ3) is 8.41. The van der Waals surface area contributed by atoms with Crippen LogP contribution in [0.5, 0.6) is 0 Å². The standard InChI is InChI=1S/C30H38F2N4O3S2/c1-22-28(41(39)33-17-8-6-4-2-3-5-7-9-20-37)40-29(34-22)36-19-10-18-35(30(36)38)25-14-11-23(12-15-25)26-21-24(31)13-16-27(26)32/h11-16,21,33,37H,2-10,17-20H2,1H3. The van der Waals surface area contributed by atoms with Crippen molar-refractivity contribution >= 4 is 39.2 Å². The van der Waals surface area contributed by atoms with Gasteiger partial charge in [-0.3, -0.25) is 9.80 Å². The van der Waals surface area contributed by atoms with E-state index in [1.165, 1.54) is 24.2 Å². The van der Waals surface area contributed by atoms with Crippen molar-refractivity contribution in [2.45, 2.75) is 68.9 Å². The molecular weight excluding hydrogens is 566 g/mol. The second-order valence-corrected chi connectivity index (χ2v) is 12.7. The number of benzene rings is 2. The topological polar surface area (TPSA) is 85.8 Å². The molecule has 1 saturated heterocycles. The molecule has 222 valence electrons. The zero-order chi connectivity index (χ0) is 29.2. The summed E-state index contributed by atoms with van der Waals surface area (Å²) in [6.07, 6.45) is 9.40. The highest BCUT2D eigenvalue weighted by molar-refractivity contribution is 7.85. The van der Waals surface area contributed by atoms with Crippen molar-refractivity contribution in [1.29, 1.82) is 0 Å². The molecule has 2 N–H and O–H groups in total. The summed E-state index contributed by atoms with van der Waals surface area (Å²) in [6.45, 7) is 3.76. The van der Waals surface area contributed by atoms with Crippen molar-refractivity contribution in [3.63, 3.8) is 0 Å². The average Bonchev–Trinajstić information content (AvgIpc) is 3.36. The highest BCUT2D eigenvalue weighted by atomic mass is 32.2. The van der Waals surface area contributed by atoms with Crippen LogP contribution in [0.25, 0.3) is 11.1 Å². The fraction of sp³-hybridized carbons (Fsp3) is 0.467. The fourth-order valence-electron chi connectivity index (χ4n) is 4.86. The number of hydrogen-bond acceptors (Lipinski definition) is 5. The van der Waals surface area contributed by atoms with E-state index in [9.17, 15) is 17.8 Å². The number of aliphatic hydroxyl groups is 1. The summed E-state index contributed by atoms with van der Waals surface area (Å²) in [7, 11) is -1.40. The highest BCUT2D eigenvalue weighted by Crippen LogP contribution is 2.33. The summed E-state index contributed by atoms with van der Waals surface area (Å²) in [4.78, 5) is 21.3. The van der Waals surface area contributed by atoms with Crippen molar-refractivity contribution in [1.82, 2.24) is 9.71 Å². The van der Waals surface area contributed by atoms with Crippen molar-refractivity contribution in [2.24, 2.45) is 0 Å². The Morgan fingerprint density at radius 3 is 2.32 bits per heavy atom. The molecule has 4 rings (SSSR count). The number of aliphatic hydroxyl groups excluding tert-OH is 1. The quantitative estimate of drug-likeness (QED) is 0.184. The molecule has 0 spiro atoms. The van der Waals surface area contributed by atoms with Gasteiger partial charge < -0.3 is 5.11 Å². The largest absolute Gasteiger partial charge is 0.396 e. The smallest absolute Gasteiger partial charge is 0.330 e. The lowest BCUT2D eigenvalue weighted by Crippen LogP contribution is -2.49. The summed E-state index contributed by atoms with van der Waals surface area (Å²) >= 11 is 1.27. The van der Waals surface area contributed by atoms with Crippen LogP contribution in [0.3, 0.4) is 0 Å². The van der Waals surface area contributed by atoms with E-state index in [1.807, 2.05) is 6.92 Å². The van der Waals surface area contributed by atoms with Crippen LogP contribution in [-0.4, -0.2) is 46.6 Å². The minimum Gasteiger partial charge on any atom is -0.396 e. The van der Waals surface area contributed by atoms with Gasteiger partial charge >= 0.3 is 6.03 Å². The average molecular weight is 605 g/mol. The molecule has 1 aliphatic heterocycles. The third-order valence-electron chi connectivity index (χ3n) is 7.10. The minimum absolute atomic E-state index is 0.167. The normalized spacial score (nSPS) is 14.6. The van der Waals surface area contributed by atoms with Gasteiger partial charge in [0, 0.05) is 37.5 Å². The van der Waals surface area contributed by atoms with Crippen molar-refractivity contribution in [3.05, 3.63) is 59.8 Å². The predicted molar refractivity (Wildman–Crippen MR) is 162 cm³/mol. The molecule has 11 heteroatoms. The van der Waals surface area contributed by atoms with E-state index >= 15 is 0 Å². The Bertz CT molecular complexity index is 1320. The van der Waals surface area contributed by atoms with Crippen molar-refractivity contribution < 1.29 is 22.9 Å². The molecule has 1 unspecified atom stereocenters. The second kappa shape index (κ2) is 15.5. The van der Waals surface area contributed by atoms with Gasteiger partial charge in [-0.25, -0.2) is 27.5 Å². The molecule has 1 fully saturated rings. The van der Waals surface area contributed by atoms with E-state index < -0.39 is 22.6 Å². The summed E-state index contributed by atoms with van der Waals surface area (Å²) in [5.41, 5.74) is 1.99. The lowest BCUT2D eigenvalue weighted by molar-refractivity contribution is 0.248. The monoisotopic (exact) mass is 604 g/mol. The van der Waals surface area contributed by atoms with Crippen LogP contribution in [0, 0.1) is 18.6 Å². The minimum atomic E-state index is -1.40. The number of amides is 2. The van der Waals surface area contributed by atoms with Gasteiger partial charge in [0.15, 0.2) is 5.13 Å². The number of unbranched alkanes of at least 4 members (excludes halogenated alkanes) is 7. The first-order chi connectivity index (χ1) is 19.9. The number of urea groups is 1. The number of aryl methyl sites for hydroxylation is 1. The van der Waals surface area contributed by atoms with Crippen LogP contribution in [0.4, 0.5) is 24.4 Å². The molecule has 0 radical (unpaired) electrons. The molecule has 3 aromatic rings. The maximum atomic E-state index is 14.2. The Hall–Kier alpha value is -2.73. The number of anilines is 2. The van der Waals surface area contributed by atoms with E-state index in [0.717, 1.165) is 63.1 Å². The first-order valence-electron chi connectivity index (χ1n) is 14.3. The van der Waals surface area contributed by atoms with E-state index in [4.69, 9.17) is 5.11 Å². The molecule has 0 aliphatic carbocycles. The Morgan fingerprint density at radius 2 is 1.61 bits per heavy atom. The molecule has 41 heavy (non-hydrogen) atoms. The molecule has 2 heterocycles. The number of halogens is 2. The lowest BCUT2D eigenvalue weighted by Gasteiger charge is -2.34. The fourth-order valence-corrected chi connectivity index (χ4v) is 7.16. The Balaban J connectivity index is 1.31. The predicted octanol–water partition coefficient (Wildman–Crippen LogP) is 6.96. The number of rotatable bonds is 15. The number of hydrogen-bond donors (Lipinski definition) is 2. The van der Waals surface area contributed by atoms with Gasteiger partial charge in [-0.05, 0) is 62.1 Å². The molecule has 1 atom stereocenters. The number of nitrogens with one attached hydrogen (secondary N) is 1. The summed E-state index contributed by atoms with van der Waals surface area (Å²) in [6, 6.07) is 9.94. The highest BCUT2D eigenvalue weighted by Gasteiger charge is 2.31. The van der Waals surface area contributed by atoms with Crippen molar-refractivity contribution in [2.75, 3.05) is 36.0 Å². The SMILES string of the molecule is Cc1nc(N2CCCN(c3ccc(-c4cc(F)ccc4F)cc3)C2=O)sc1S(=O)NCCCCCCCCCCO. The Morgan fingerprint density at radius 1 is 0.951 bits per heavy atom. The number of thiazole rings is 1.